The lowest BCUT2D eigenvalue weighted by atomic mass is 10.1. The van der Waals surface area contributed by atoms with Crippen LogP contribution in [-0.2, 0) is 11.2 Å². The monoisotopic (exact) mass is 338 g/mol. The molecule has 0 bridgehead atoms. The number of benzene rings is 2. The summed E-state index contributed by atoms with van der Waals surface area (Å²) in [4.78, 5) is 26.0. The molecule has 3 rings (SSSR count). The lowest BCUT2D eigenvalue weighted by molar-refractivity contribution is -0.116. The van der Waals surface area contributed by atoms with Crippen LogP contribution in [0.4, 0.5) is 11.4 Å². The van der Waals surface area contributed by atoms with Gasteiger partial charge in [-0.1, -0.05) is 19.1 Å². The molecule has 25 heavy (non-hydrogen) atoms. The number of hydrogen-bond donors (Lipinski definition) is 1. The lowest BCUT2D eigenvalue weighted by Crippen LogP contribution is -2.25. The fourth-order valence-electron chi connectivity index (χ4n) is 2.97. The molecule has 0 saturated carbocycles. The SMILES string of the molecule is CCCOc1ccccc1NC(=O)c1ccc2c(c1)CCN2C(C)=O. The van der Waals surface area contributed by atoms with E-state index in [0.29, 0.717) is 30.2 Å². The molecular formula is C20H22N2O3. The highest BCUT2D eigenvalue weighted by atomic mass is 16.5. The summed E-state index contributed by atoms with van der Waals surface area (Å²) in [7, 11) is 0. The highest BCUT2D eigenvalue weighted by molar-refractivity contribution is 6.06. The van der Waals surface area contributed by atoms with Gasteiger partial charge < -0.3 is 15.0 Å². The predicted molar refractivity (Wildman–Crippen MR) is 98.4 cm³/mol. The molecule has 1 heterocycles. The third kappa shape index (κ3) is 3.65. The topological polar surface area (TPSA) is 58.6 Å². The minimum atomic E-state index is -0.184. The van der Waals surface area contributed by atoms with Crippen molar-refractivity contribution < 1.29 is 14.3 Å². The van der Waals surface area contributed by atoms with Gasteiger partial charge in [-0.2, -0.15) is 0 Å². The van der Waals surface area contributed by atoms with Gasteiger partial charge in [-0.15, -0.1) is 0 Å². The van der Waals surface area contributed by atoms with Crippen molar-refractivity contribution in [3.8, 4) is 5.75 Å². The Morgan fingerprint density at radius 3 is 2.76 bits per heavy atom. The fourth-order valence-corrected chi connectivity index (χ4v) is 2.97. The number of nitrogens with one attached hydrogen (secondary N) is 1. The molecule has 1 N–H and O–H groups in total. The third-order valence-electron chi connectivity index (χ3n) is 4.21. The van der Waals surface area contributed by atoms with Gasteiger partial charge >= 0.3 is 0 Å². The first-order chi connectivity index (χ1) is 12.1. The van der Waals surface area contributed by atoms with Gasteiger partial charge in [0, 0.05) is 24.7 Å². The first kappa shape index (κ1) is 17.0. The zero-order valence-electron chi connectivity index (χ0n) is 14.5. The third-order valence-corrected chi connectivity index (χ3v) is 4.21. The minimum Gasteiger partial charge on any atom is -0.491 e. The van der Waals surface area contributed by atoms with Gasteiger partial charge in [0.2, 0.25) is 5.91 Å². The van der Waals surface area contributed by atoms with Gasteiger partial charge in [-0.3, -0.25) is 9.59 Å². The van der Waals surface area contributed by atoms with E-state index in [9.17, 15) is 9.59 Å². The smallest absolute Gasteiger partial charge is 0.255 e. The Morgan fingerprint density at radius 2 is 2.00 bits per heavy atom. The van der Waals surface area contributed by atoms with E-state index in [1.165, 1.54) is 0 Å². The number of amides is 2. The van der Waals surface area contributed by atoms with Crippen molar-refractivity contribution in [1.29, 1.82) is 0 Å². The first-order valence-electron chi connectivity index (χ1n) is 8.54. The average Bonchev–Trinajstić information content (AvgIpc) is 3.04. The van der Waals surface area contributed by atoms with Crippen molar-refractivity contribution in [1.82, 2.24) is 0 Å². The molecule has 0 radical (unpaired) electrons. The van der Waals surface area contributed by atoms with Gasteiger partial charge in [0.15, 0.2) is 0 Å². The molecule has 0 spiro atoms. The van der Waals surface area contributed by atoms with E-state index in [1.54, 1.807) is 17.9 Å². The van der Waals surface area contributed by atoms with Crippen LogP contribution in [0.5, 0.6) is 5.75 Å². The second kappa shape index (κ2) is 7.38. The van der Waals surface area contributed by atoms with Crippen LogP contribution in [-0.4, -0.2) is 25.0 Å². The molecule has 5 nitrogen and oxygen atoms in total. The Morgan fingerprint density at radius 1 is 1.20 bits per heavy atom. The predicted octanol–water partition coefficient (Wildman–Crippen LogP) is 3.64. The molecule has 0 atom stereocenters. The highest BCUT2D eigenvalue weighted by Gasteiger charge is 2.23. The summed E-state index contributed by atoms with van der Waals surface area (Å²) >= 11 is 0. The molecule has 130 valence electrons. The molecule has 2 aromatic carbocycles. The maximum absolute atomic E-state index is 12.6. The van der Waals surface area contributed by atoms with Crippen LogP contribution < -0.4 is 15.0 Å². The van der Waals surface area contributed by atoms with Gasteiger partial charge in [-0.05, 0) is 48.7 Å². The maximum Gasteiger partial charge on any atom is 0.255 e. The summed E-state index contributed by atoms with van der Waals surface area (Å²) in [5.41, 5.74) is 3.16. The number of hydrogen-bond acceptors (Lipinski definition) is 3. The molecular weight excluding hydrogens is 316 g/mol. The van der Waals surface area contributed by atoms with Gasteiger partial charge in [-0.25, -0.2) is 0 Å². The van der Waals surface area contributed by atoms with Crippen molar-refractivity contribution in [2.24, 2.45) is 0 Å². The number of para-hydroxylation sites is 2. The number of carbonyl (C=O) groups excluding carboxylic acids is 2. The number of anilines is 2. The molecule has 2 amide bonds. The number of nitrogens with zero attached hydrogens (tertiary/aromatic N) is 1. The molecule has 0 saturated heterocycles. The van der Waals surface area contributed by atoms with Crippen LogP contribution in [0.3, 0.4) is 0 Å². The van der Waals surface area contributed by atoms with Gasteiger partial charge in [0.1, 0.15) is 5.75 Å². The first-order valence-corrected chi connectivity index (χ1v) is 8.54. The van der Waals surface area contributed by atoms with Crippen molar-refractivity contribution in [2.75, 3.05) is 23.4 Å². The molecule has 0 aliphatic carbocycles. The van der Waals surface area contributed by atoms with Crippen molar-refractivity contribution in [3.05, 3.63) is 53.6 Å². The molecule has 2 aromatic rings. The normalized spacial score (nSPS) is 12.6. The Kier molecular flexibility index (Phi) is 5.03. The van der Waals surface area contributed by atoms with E-state index >= 15 is 0 Å². The molecule has 5 heteroatoms. The van der Waals surface area contributed by atoms with Crippen LogP contribution in [0.15, 0.2) is 42.5 Å². The van der Waals surface area contributed by atoms with Crippen LogP contribution >= 0.6 is 0 Å². The summed E-state index contributed by atoms with van der Waals surface area (Å²) in [5.74, 6) is 0.510. The Bertz CT molecular complexity index is 801. The second-order valence-electron chi connectivity index (χ2n) is 6.06. The Balaban J connectivity index is 1.78. The van der Waals surface area contributed by atoms with E-state index in [-0.39, 0.29) is 11.8 Å². The lowest BCUT2D eigenvalue weighted by Gasteiger charge is -2.15. The quantitative estimate of drug-likeness (QED) is 0.905. The molecule has 0 unspecified atom stereocenters. The van der Waals surface area contributed by atoms with Crippen molar-refractivity contribution >= 4 is 23.2 Å². The van der Waals surface area contributed by atoms with E-state index in [1.807, 2.05) is 43.3 Å². The minimum absolute atomic E-state index is 0.0259. The molecule has 0 fully saturated rings. The van der Waals surface area contributed by atoms with E-state index in [4.69, 9.17) is 4.74 Å². The largest absolute Gasteiger partial charge is 0.491 e. The highest BCUT2D eigenvalue weighted by Crippen LogP contribution is 2.30. The van der Waals surface area contributed by atoms with Gasteiger partial charge in [0.25, 0.3) is 5.91 Å². The summed E-state index contributed by atoms with van der Waals surface area (Å²) in [5, 5.41) is 2.92. The van der Waals surface area contributed by atoms with Crippen LogP contribution in [0.2, 0.25) is 0 Å². The fraction of sp³-hybridized carbons (Fsp3) is 0.300. The molecule has 1 aliphatic heterocycles. The van der Waals surface area contributed by atoms with E-state index in [0.717, 1.165) is 24.1 Å². The zero-order valence-corrected chi connectivity index (χ0v) is 14.5. The van der Waals surface area contributed by atoms with E-state index in [2.05, 4.69) is 5.32 Å². The summed E-state index contributed by atoms with van der Waals surface area (Å²) in [6.45, 7) is 4.87. The standard InChI is InChI=1S/C20H22N2O3/c1-3-12-25-19-7-5-4-6-17(19)21-20(24)16-8-9-18-15(13-16)10-11-22(18)14(2)23/h4-9,13H,3,10-12H2,1-2H3,(H,21,24). The van der Waals surface area contributed by atoms with E-state index < -0.39 is 0 Å². The van der Waals surface area contributed by atoms with Gasteiger partial charge in [0.05, 0.1) is 12.3 Å². The van der Waals surface area contributed by atoms with Crippen molar-refractivity contribution in [2.45, 2.75) is 26.7 Å². The van der Waals surface area contributed by atoms with Crippen molar-refractivity contribution in [3.63, 3.8) is 0 Å². The summed E-state index contributed by atoms with van der Waals surface area (Å²) < 4.78 is 5.68. The van der Waals surface area contributed by atoms with Crippen LogP contribution in [0.25, 0.3) is 0 Å². The second-order valence-corrected chi connectivity index (χ2v) is 6.06. The number of rotatable bonds is 5. The number of ether oxygens (including phenoxy) is 1. The zero-order chi connectivity index (χ0) is 17.8. The Labute approximate surface area is 147 Å². The number of fused-ring (bicyclic) bond motifs is 1. The Hall–Kier alpha value is -2.82. The molecule has 1 aliphatic rings. The summed E-state index contributed by atoms with van der Waals surface area (Å²) in [6, 6.07) is 12.9. The van der Waals surface area contributed by atoms with Crippen LogP contribution in [0.1, 0.15) is 36.2 Å². The molecule has 0 aromatic heterocycles. The maximum atomic E-state index is 12.6. The number of carbonyl (C=O) groups is 2. The average molecular weight is 338 g/mol. The van der Waals surface area contributed by atoms with Crippen LogP contribution in [0, 0.1) is 0 Å². The summed E-state index contributed by atoms with van der Waals surface area (Å²) in [6.07, 6.45) is 1.67.